The van der Waals surface area contributed by atoms with Crippen molar-refractivity contribution in [3.63, 3.8) is 0 Å². The first-order valence-corrected chi connectivity index (χ1v) is 13.6. The van der Waals surface area contributed by atoms with Gasteiger partial charge in [0.1, 0.15) is 17.2 Å². The number of halogens is 2. The minimum atomic E-state index is -0.962. The van der Waals surface area contributed by atoms with Crippen LogP contribution in [0.5, 0.6) is 5.75 Å². The first-order chi connectivity index (χ1) is 18.1. The molecule has 1 aromatic heterocycles. The Hall–Kier alpha value is -3.23. The van der Waals surface area contributed by atoms with Gasteiger partial charge in [-0.05, 0) is 24.3 Å². The van der Waals surface area contributed by atoms with Crippen LogP contribution in [0.15, 0.2) is 29.2 Å². The second kappa shape index (κ2) is 13.0. The molecule has 0 radical (unpaired) electrons. The highest BCUT2D eigenvalue weighted by atomic mass is 19.1. The van der Waals surface area contributed by atoms with E-state index in [2.05, 4.69) is 26.1 Å². The molecule has 3 unspecified atom stereocenters. The highest BCUT2D eigenvalue weighted by Crippen LogP contribution is 2.29. The second-order valence-corrected chi connectivity index (χ2v) is 10.5. The summed E-state index contributed by atoms with van der Waals surface area (Å²) in [6.45, 7) is 9.05. The third-order valence-electron chi connectivity index (χ3n) is 7.67. The first-order valence-electron chi connectivity index (χ1n) is 13.6. The van der Waals surface area contributed by atoms with Crippen LogP contribution in [0.4, 0.5) is 8.78 Å². The molecular weight excluding hydrogens is 492 g/mol. The topological polar surface area (TPSA) is 91.6 Å². The lowest BCUT2D eigenvalue weighted by atomic mass is 9.93. The number of aromatic nitrogens is 1. The van der Waals surface area contributed by atoms with Gasteiger partial charge in [-0.3, -0.25) is 14.4 Å². The SMILES string of the molecule is CCCCCC(C)CCN1C(=O)c2c(O)c(=O)c(C(=O)NCc3ccc(F)cc3F)cn2CC1C(C)CC. The van der Waals surface area contributed by atoms with Gasteiger partial charge in [0, 0.05) is 37.5 Å². The maximum Gasteiger partial charge on any atom is 0.274 e. The van der Waals surface area contributed by atoms with Crippen LogP contribution in [-0.2, 0) is 13.1 Å². The number of rotatable bonds is 12. The molecule has 3 atom stereocenters. The number of pyridine rings is 1. The van der Waals surface area contributed by atoms with Crippen LogP contribution < -0.4 is 10.7 Å². The predicted molar refractivity (Wildman–Crippen MR) is 142 cm³/mol. The fraction of sp³-hybridized carbons (Fsp3) is 0.552. The number of unbranched alkanes of at least 4 members (excludes halogenated alkanes) is 2. The molecule has 7 nitrogen and oxygen atoms in total. The highest BCUT2D eigenvalue weighted by Gasteiger charge is 2.38. The quantitative estimate of drug-likeness (QED) is 0.367. The number of carbonyl (C=O) groups is 2. The molecule has 3 rings (SSSR count). The van der Waals surface area contributed by atoms with Gasteiger partial charge in [0.2, 0.25) is 5.43 Å². The molecule has 9 heteroatoms. The Labute approximate surface area is 222 Å². The Bertz CT molecular complexity index is 1210. The van der Waals surface area contributed by atoms with E-state index in [9.17, 15) is 28.3 Å². The molecule has 1 aliphatic heterocycles. The lowest BCUT2D eigenvalue weighted by Crippen LogP contribution is -2.52. The van der Waals surface area contributed by atoms with E-state index in [0.29, 0.717) is 25.1 Å². The fourth-order valence-corrected chi connectivity index (χ4v) is 4.98. The van der Waals surface area contributed by atoms with Crippen molar-refractivity contribution in [2.75, 3.05) is 6.54 Å². The van der Waals surface area contributed by atoms with Crippen LogP contribution in [0.2, 0.25) is 0 Å². The Kier molecular flexibility index (Phi) is 10.1. The molecule has 2 N–H and O–H groups in total. The summed E-state index contributed by atoms with van der Waals surface area (Å²) in [7, 11) is 0. The van der Waals surface area contributed by atoms with E-state index >= 15 is 0 Å². The van der Waals surface area contributed by atoms with Crippen molar-refractivity contribution in [2.24, 2.45) is 11.8 Å². The maximum atomic E-state index is 14.0. The summed E-state index contributed by atoms with van der Waals surface area (Å²) in [5.74, 6) is -2.96. The fourth-order valence-electron chi connectivity index (χ4n) is 4.98. The van der Waals surface area contributed by atoms with Gasteiger partial charge in [-0.25, -0.2) is 8.78 Å². The summed E-state index contributed by atoms with van der Waals surface area (Å²) in [4.78, 5) is 41.1. The van der Waals surface area contributed by atoms with Crippen LogP contribution in [-0.4, -0.2) is 39.0 Å². The van der Waals surface area contributed by atoms with E-state index in [4.69, 9.17) is 0 Å². The number of benzene rings is 1. The Morgan fingerprint density at radius 2 is 1.89 bits per heavy atom. The van der Waals surface area contributed by atoms with Gasteiger partial charge in [-0.1, -0.05) is 65.9 Å². The van der Waals surface area contributed by atoms with E-state index in [1.807, 2.05) is 6.92 Å². The molecule has 0 bridgehead atoms. The van der Waals surface area contributed by atoms with E-state index in [-0.39, 0.29) is 35.3 Å². The Morgan fingerprint density at radius 3 is 2.55 bits per heavy atom. The van der Waals surface area contributed by atoms with E-state index < -0.39 is 34.6 Å². The predicted octanol–water partition coefficient (Wildman–Crippen LogP) is 5.24. The number of aromatic hydroxyl groups is 1. The van der Waals surface area contributed by atoms with Crippen molar-refractivity contribution in [3.8, 4) is 5.75 Å². The number of hydrogen-bond donors (Lipinski definition) is 2. The summed E-state index contributed by atoms with van der Waals surface area (Å²) in [5, 5.41) is 13.2. The molecule has 1 aliphatic rings. The maximum absolute atomic E-state index is 14.0. The lowest BCUT2D eigenvalue weighted by molar-refractivity contribution is 0.0479. The molecule has 208 valence electrons. The summed E-state index contributed by atoms with van der Waals surface area (Å²) < 4.78 is 28.6. The molecule has 0 fully saturated rings. The molecule has 0 spiro atoms. The second-order valence-electron chi connectivity index (χ2n) is 10.5. The van der Waals surface area contributed by atoms with Crippen molar-refractivity contribution in [3.05, 3.63) is 63.1 Å². The Morgan fingerprint density at radius 1 is 1.16 bits per heavy atom. The number of amides is 2. The number of fused-ring (bicyclic) bond motifs is 1. The molecule has 1 aromatic carbocycles. The first kappa shape index (κ1) is 29.3. The summed E-state index contributed by atoms with van der Waals surface area (Å²) in [6, 6.07) is 2.83. The van der Waals surface area contributed by atoms with Crippen LogP contribution in [0.25, 0.3) is 0 Å². The van der Waals surface area contributed by atoms with Crippen LogP contribution in [0.1, 0.15) is 92.6 Å². The molecule has 38 heavy (non-hydrogen) atoms. The highest BCUT2D eigenvalue weighted by molar-refractivity contribution is 5.99. The number of carbonyl (C=O) groups excluding carboxylic acids is 2. The van der Waals surface area contributed by atoms with Gasteiger partial charge in [-0.2, -0.15) is 0 Å². The van der Waals surface area contributed by atoms with Gasteiger partial charge in [-0.15, -0.1) is 0 Å². The van der Waals surface area contributed by atoms with Crippen LogP contribution >= 0.6 is 0 Å². The molecule has 2 amide bonds. The minimum Gasteiger partial charge on any atom is -0.503 e. The number of hydrogen-bond acceptors (Lipinski definition) is 4. The van der Waals surface area contributed by atoms with Crippen molar-refractivity contribution >= 4 is 11.8 Å². The standard InChI is InChI=1S/C29H39F2N3O4/c1-5-7-8-9-18(3)12-13-34-24(19(4)6-2)17-33-16-22(26(35)27(36)25(33)29(34)38)28(37)32-15-20-10-11-21(30)14-23(20)31/h10-11,14,16,18-19,24,36H,5-9,12-13,15,17H2,1-4H3,(H,32,37). The minimum absolute atomic E-state index is 0.0496. The van der Waals surface area contributed by atoms with Crippen molar-refractivity contribution in [2.45, 2.75) is 85.4 Å². The van der Waals surface area contributed by atoms with Crippen molar-refractivity contribution in [1.29, 1.82) is 0 Å². The van der Waals surface area contributed by atoms with Gasteiger partial charge in [0.25, 0.3) is 11.8 Å². The van der Waals surface area contributed by atoms with E-state index in [1.165, 1.54) is 23.3 Å². The van der Waals surface area contributed by atoms with Crippen molar-refractivity contribution in [1.82, 2.24) is 14.8 Å². The number of nitrogens with zero attached hydrogens (tertiary/aromatic N) is 2. The van der Waals surface area contributed by atoms with E-state index in [1.54, 1.807) is 4.90 Å². The molecular formula is C29H39F2N3O4. The van der Waals surface area contributed by atoms with Gasteiger partial charge in [0.15, 0.2) is 11.4 Å². The van der Waals surface area contributed by atoms with Crippen LogP contribution in [0, 0.1) is 23.5 Å². The molecule has 0 aliphatic carbocycles. The smallest absolute Gasteiger partial charge is 0.274 e. The Balaban J connectivity index is 1.84. The van der Waals surface area contributed by atoms with Crippen LogP contribution in [0.3, 0.4) is 0 Å². The number of nitrogens with one attached hydrogen (secondary N) is 1. The zero-order valence-electron chi connectivity index (χ0n) is 22.7. The van der Waals surface area contributed by atoms with Gasteiger partial charge < -0.3 is 19.9 Å². The third-order valence-corrected chi connectivity index (χ3v) is 7.67. The third kappa shape index (κ3) is 6.60. The molecule has 2 heterocycles. The summed E-state index contributed by atoms with van der Waals surface area (Å²) in [5.41, 5.74) is -1.37. The van der Waals surface area contributed by atoms with E-state index in [0.717, 1.165) is 38.2 Å². The largest absolute Gasteiger partial charge is 0.503 e. The summed E-state index contributed by atoms with van der Waals surface area (Å²) in [6.07, 6.45) is 7.53. The monoisotopic (exact) mass is 531 g/mol. The molecule has 2 aromatic rings. The van der Waals surface area contributed by atoms with Gasteiger partial charge >= 0.3 is 0 Å². The van der Waals surface area contributed by atoms with Crippen molar-refractivity contribution < 1.29 is 23.5 Å². The molecule has 0 saturated carbocycles. The average Bonchev–Trinajstić information content (AvgIpc) is 2.88. The normalized spacial score (nSPS) is 16.7. The lowest BCUT2D eigenvalue weighted by Gasteiger charge is -2.41. The zero-order chi connectivity index (χ0) is 28.0. The summed E-state index contributed by atoms with van der Waals surface area (Å²) >= 11 is 0. The molecule has 0 saturated heterocycles. The average molecular weight is 532 g/mol. The zero-order valence-corrected chi connectivity index (χ0v) is 22.7. The van der Waals surface area contributed by atoms with Gasteiger partial charge in [0.05, 0.1) is 6.04 Å².